The van der Waals surface area contributed by atoms with E-state index in [1.807, 2.05) is 68.6 Å². The summed E-state index contributed by atoms with van der Waals surface area (Å²) in [5, 5.41) is 20.5. The van der Waals surface area contributed by atoms with Crippen molar-refractivity contribution in [1.29, 1.82) is 0 Å². The van der Waals surface area contributed by atoms with E-state index < -0.39 is 22.4 Å². The minimum absolute atomic E-state index is 0.0348. The maximum Gasteiger partial charge on any atom is 0.261 e. The van der Waals surface area contributed by atoms with E-state index in [0.29, 0.717) is 18.7 Å². The maximum atomic E-state index is 12.8. The lowest BCUT2D eigenvalue weighted by Crippen LogP contribution is -2.43. The van der Waals surface area contributed by atoms with Crippen LogP contribution < -0.4 is 4.72 Å². The summed E-state index contributed by atoms with van der Waals surface area (Å²) in [6.45, 7) is 2.52. The number of nitrogens with zero attached hydrogens (tertiary/aromatic N) is 1. The molecule has 5 atom stereocenters. The predicted octanol–water partition coefficient (Wildman–Crippen LogP) is 5.58. The molecular weight excluding hydrogens is 564 g/mol. The molecule has 0 radical (unpaired) electrons. The van der Waals surface area contributed by atoms with Gasteiger partial charge in [0.15, 0.2) is 6.29 Å². The van der Waals surface area contributed by atoms with E-state index in [9.17, 15) is 18.6 Å². The lowest BCUT2D eigenvalue weighted by molar-refractivity contribution is -0.253. The molecular formula is C34H38N2O6S. The third kappa shape index (κ3) is 7.69. The Kier molecular flexibility index (Phi) is 9.92. The highest BCUT2D eigenvalue weighted by Gasteiger charge is 2.34. The summed E-state index contributed by atoms with van der Waals surface area (Å²) in [5.41, 5.74) is 3.84. The zero-order chi connectivity index (χ0) is 30.4. The minimum Gasteiger partial charge on any atom is -0.392 e. The fourth-order valence-electron chi connectivity index (χ4n) is 5.21. The van der Waals surface area contributed by atoms with Crippen molar-refractivity contribution >= 4 is 15.7 Å². The van der Waals surface area contributed by atoms with Crippen molar-refractivity contribution in [1.82, 2.24) is 4.90 Å². The molecule has 0 bridgehead atoms. The molecule has 3 N–H and O–H groups in total. The number of benzene rings is 4. The normalized spacial score (nSPS) is 20.4. The molecule has 0 aromatic heterocycles. The van der Waals surface area contributed by atoms with Gasteiger partial charge in [0.1, 0.15) is 0 Å². The number of nitrogens with one attached hydrogen (secondary N) is 1. The lowest BCUT2D eigenvalue weighted by atomic mass is 9.98. The summed E-state index contributed by atoms with van der Waals surface area (Å²) < 4.78 is 41.1. The number of likely N-dealkylation sites (N-methyl/N-ethyl adjacent to an activating group) is 1. The molecule has 43 heavy (non-hydrogen) atoms. The van der Waals surface area contributed by atoms with Gasteiger partial charge in [-0.1, -0.05) is 84.9 Å². The smallest absolute Gasteiger partial charge is 0.261 e. The van der Waals surface area contributed by atoms with Crippen LogP contribution >= 0.6 is 0 Å². The highest BCUT2D eigenvalue weighted by atomic mass is 32.2. The summed E-state index contributed by atoms with van der Waals surface area (Å²) in [4.78, 5) is 2.28. The summed E-state index contributed by atoms with van der Waals surface area (Å²) in [6.07, 6.45) is -1.23. The fraction of sp³-hybridized carbons (Fsp3) is 0.294. The van der Waals surface area contributed by atoms with E-state index in [0.717, 1.165) is 22.3 Å². The van der Waals surface area contributed by atoms with Gasteiger partial charge < -0.3 is 19.7 Å². The van der Waals surface area contributed by atoms with Crippen LogP contribution in [0, 0.1) is 0 Å². The first kappa shape index (κ1) is 30.9. The second-order valence-corrected chi connectivity index (χ2v) is 12.6. The number of sulfonamides is 1. The van der Waals surface area contributed by atoms with E-state index in [2.05, 4.69) is 9.62 Å². The standard InChI is InChI=1S/C34H38N2O6S/c1-24(33(38)27-9-5-3-6-10-27)36(2)22-30-21-32(26-15-13-25(23-37)14-16-26)42-34(41-30)28-17-19-29(20-18-28)35-43(39,40)31-11-7-4-8-12-31/h3-20,24,30,32-35,37-38H,21-23H2,1-2H3/t24-,30+,32-,33-,34-/m0/s1. The van der Waals surface area contributed by atoms with Crippen LogP contribution in [0.5, 0.6) is 0 Å². The summed E-state index contributed by atoms with van der Waals surface area (Å²) in [5.74, 6) is 0. The van der Waals surface area contributed by atoms with Crippen LogP contribution in [0.3, 0.4) is 0 Å². The van der Waals surface area contributed by atoms with Crippen LogP contribution in [0.2, 0.25) is 0 Å². The second kappa shape index (κ2) is 13.8. The van der Waals surface area contributed by atoms with Crippen molar-refractivity contribution in [2.45, 2.75) is 55.5 Å². The molecule has 0 spiro atoms. The van der Waals surface area contributed by atoms with Crippen molar-refractivity contribution in [2.75, 3.05) is 18.3 Å². The first-order valence-electron chi connectivity index (χ1n) is 14.3. The predicted molar refractivity (Wildman–Crippen MR) is 166 cm³/mol. The van der Waals surface area contributed by atoms with Crippen LogP contribution in [-0.2, 0) is 26.1 Å². The summed E-state index contributed by atoms with van der Waals surface area (Å²) in [7, 11) is -1.74. The third-order valence-electron chi connectivity index (χ3n) is 7.89. The Balaban J connectivity index is 1.33. The Hall–Kier alpha value is -3.57. The fourth-order valence-corrected chi connectivity index (χ4v) is 6.29. The number of hydrogen-bond donors (Lipinski definition) is 3. The highest BCUT2D eigenvalue weighted by Crippen LogP contribution is 2.39. The lowest BCUT2D eigenvalue weighted by Gasteiger charge is -2.39. The van der Waals surface area contributed by atoms with Crippen molar-refractivity contribution in [3.05, 3.63) is 131 Å². The van der Waals surface area contributed by atoms with Crippen LogP contribution in [-0.4, -0.2) is 49.3 Å². The molecule has 1 saturated heterocycles. The Bertz CT molecular complexity index is 1550. The van der Waals surface area contributed by atoms with E-state index >= 15 is 0 Å². The van der Waals surface area contributed by atoms with Crippen LogP contribution in [0.4, 0.5) is 5.69 Å². The molecule has 0 saturated carbocycles. The van der Waals surface area contributed by atoms with Gasteiger partial charge in [-0.2, -0.15) is 0 Å². The Morgan fingerprint density at radius 3 is 2.09 bits per heavy atom. The van der Waals surface area contributed by atoms with Gasteiger partial charge in [0.25, 0.3) is 10.0 Å². The highest BCUT2D eigenvalue weighted by molar-refractivity contribution is 7.92. The largest absolute Gasteiger partial charge is 0.392 e. The number of hydrogen-bond acceptors (Lipinski definition) is 7. The maximum absolute atomic E-state index is 12.8. The molecule has 5 rings (SSSR count). The Morgan fingerprint density at radius 1 is 0.860 bits per heavy atom. The monoisotopic (exact) mass is 602 g/mol. The van der Waals surface area contributed by atoms with Gasteiger partial charge in [0.05, 0.1) is 29.8 Å². The molecule has 8 nitrogen and oxygen atoms in total. The van der Waals surface area contributed by atoms with Crippen molar-refractivity contribution in [2.24, 2.45) is 0 Å². The van der Waals surface area contributed by atoms with E-state index in [-0.39, 0.29) is 29.8 Å². The van der Waals surface area contributed by atoms with Crippen molar-refractivity contribution in [3.8, 4) is 0 Å². The van der Waals surface area contributed by atoms with E-state index in [1.54, 1.807) is 54.6 Å². The Morgan fingerprint density at radius 2 is 1.47 bits per heavy atom. The number of ether oxygens (including phenoxy) is 2. The first-order valence-corrected chi connectivity index (χ1v) is 15.8. The quantitative estimate of drug-likeness (QED) is 0.206. The zero-order valence-electron chi connectivity index (χ0n) is 24.3. The van der Waals surface area contributed by atoms with Crippen LogP contribution in [0.15, 0.2) is 114 Å². The van der Waals surface area contributed by atoms with Crippen LogP contribution in [0.1, 0.15) is 54.1 Å². The summed E-state index contributed by atoms with van der Waals surface area (Å²) in [6, 6.07) is 32.4. The topological polar surface area (TPSA) is 108 Å². The molecule has 1 fully saturated rings. The van der Waals surface area contributed by atoms with Crippen molar-refractivity contribution in [3.63, 3.8) is 0 Å². The molecule has 1 aliphatic rings. The first-order chi connectivity index (χ1) is 20.7. The molecule has 0 unspecified atom stereocenters. The number of aliphatic hydroxyl groups is 2. The molecule has 0 amide bonds. The van der Waals surface area contributed by atoms with Gasteiger partial charge in [-0.05, 0) is 54.9 Å². The molecule has 4 aromatic rings. The molecule has 1 heterocycles. The van der Waals surface area contributed by atoms with E-state index in [4.69, 9.17) is 9.47 Å². The van der Waals surface area contributed by atoms with Gasteiger partial charge in [-0.25, -0.2) is 8.42 Å². The second-order valence-electron chi connectivity index (χ2n) is 10.9. The van der Waals surface area contributed by atoms with Crippen molar-refractivity contribution < 1.29 is 28.1 Å². The van der Waals surface area contributed by atoms with Gasteiger partial charge >= 0.3 is 0 Å². The molecule has 0 aliphatic carbocycles. The average Bonchev–Trinajstić information content (AvgIpc) is 3.05. The number of aliphatic hydroxyl groups excluding tert-OH is 2. The minimum atomic E-state index is -3.72. The molecule has 9 heteroatoms. The molecule has 226 valence electrons. The molecule has 1 aliphatic heterocycles. The van der Waals surface area contributed by atoms with Gasteiger partial charge in [0, 0.05) is 30.3 Å². The SMILES string of the molecule is C[C@@H]([C@H](O)c1ccccc1)N(C)C[C@H]1C[C@@H](c2ccc(CO)cc2)O[C@@H](c2ccc(NS(=O)(=O)c3ccccc3)cc2)O1. The average molecular weight is 603 g/mol. The van der Waals surface area contributed by atoms with Crippen LogP contribution in [0.25, 0.3) is 0 Å². The van der Waals surface area contributed by atoms with E-state index in [1.165, 1.54) is 0 Å². The van der Waals surface area contributed by atoms with Gasteiger partial charge in [-0.3, -0.25) is 9.62 Å². The van der Waals surface area contributed by atoms with Gasteiger partial charge in [-0.15, -0.1) is 0 Å². The summed E-state index contributed by atoms with van der Waals surface area (Å²) >= 11 is 0. The number of anilines is 1. The molecule has 4 aromatic carbocycles. The number of rotatable bonds is 11. The third-order valence-corrected chi connectivity index (χ3v) is 9.29. The Labute approximate surface area is 253 Å². The van der Waals surface area contributed by atoms with Gasteiger partial charge in [0.2, 0.25) is 0 Å². The zero-order valence-corrected chi connectivity index (χ0v) is 25.1.